The molecule has 2 aliphatic heterocycles. The molecule has 0 radical (unpaired) electrons. The van der Waals surface area contributed by atoms with Crippen LogP contribution in [0.15, 0.2) is 0 Å². The Morgan fingerprint density at radius 2 is 1.89 bits per heavy atom. The van der Waals surface area contributed by atoms with Crippen LogP contribution in [0.2, 0.25) is 0 Å². The van der Waals surface area contributed by atoms with E-state index >= 15 is 0 Å². The molecule has 1 amide bonds. The van der Waals surface area contributed by atoms with Crippen LogP contribution < -0.4 is 5.73 Å². The molecule has 2 fully saturated rings. The average molecular weight is 254 g/mol. The minimum absolute atomic E-state index is 0.0544. The van der Waals surface area contributed by atoms with Crippen LogP contribution in [0.1, 0.15) is 45.4 Å². The first kappa shape index (κ1) is 13.3. The van der Waals surface area contributed by atoms with Gasteiger partial charge in [0.25, 0.3) is 0 Å². The van der Waals surface area contributed by atoms with E-state index in [1.54, 1.807) is 0 Å². The molecule has 5 nitrogen and oxygen atoms in total. The lowest BCUT2D eigenvalue weighted by atomic mass is 9.87. The summed E-state index contributed by atoms with van der Waals surface area (Å²) >= 11 is 0. The van der Waals surface area contributed by atoms with Crippen molar-refractivity contribution in [3.63, 3.8) is 0 Å². The molecule has 0 aromatic heterocycles. The fourth-order valence-corrected chi connectivity index (χ4v) is 3.43. The number of carboxylic acids is 1. The van der Waals surface area contributed by atoms with Crippen molar-refractivity contribution in [3.05, 3.63) is 0 Å². The van der Waals surface area contributed by atoms with Crippen molar-refractivity contribution < 1.29 is 14.7 Å². The molecule has 0 aromatic rings. The molecule has 2 saturated heterocycles. The highest BCUT2D eigenvalue weighted by Crippen LogP contribution is 2.40. The zero-order chi connectivity index (χ0) is 13.3. The second-order valence-corrected chi connectivity index (χ2v) is 5.58. The number of amides is 1. The molecule has 0 aromatic carbocycles. The predicted molar refractivity (Wildman–Crippen MR) is 66.9 cm³/mol. The van der Waals surface area contributed by atoms with Crippen LogP contribution in [0.3, 0.4) is 0 Å². The van der Waals surface area contributed by atoms with Gasteiger partial charge in [-0.1, -0.05) is 6.92 Å². The Morgan fingerprint density at radius 1 is 1.33 bits per heavy atom. The standard InChI is InChI=1S/C13H22N2O3/c1-2-11(14)13(18)15-9-3-4-10(15)6-8(5-9)7-12(16)17/h8-11H,2-7,14H2,1H3,(H,16,17)/t8?,9?,10?,11-/m0/s1. The second-order valence-electron chi connectivity index (χ2n) is 5.58. The summed E-state index contributed by atoms with van der Waals surface area (Å²) < 4.78 is 0. The molecule has 2 rings (SSSR count). The third-order valence-electron chi connectivity index (χ3n) is 4.31. The van der Waals surface area contributed by atoms with Gasteiger partial charge in [0.15, 0.2) is 0 Å². The van der Waals surface area contributed by atoms with Gasteiger partial charge in [-0.2, -0.15) is 0 Å². The highest BCUT2D eigenvalue weighted by molar-refractivity contribution is 5.82. The van der Waals surface area contributed by atoms with E-state index in [2.05, 4.69) is 0 Å². The van der Waals surface area contributed by atoms with Gasteiger partial charge < -0.3 is 15.7 Å². The number of carbonyl (C=O) groups excluding carboxylic acids is 1. The molecule has 0 saturated carbocycles. The van der Waals surface area contributed by atoms with Gasteiger partial charge in [0.2, 0.25) is 5.91 Å². The van der Waals surface area contributed by atoms with Crippen molar-refractivity contribution in [1.82, 2.24) is 4.90 Å². The van der Waals surface area contributed by atoms with Gasteiger partial charge >= 0.3 is 5.97 Å². The van der Waals surface area contributed by atoms with E-state index in [1.165, 1.54) is 0 Å². The Balaban J connectivity index is 2.02. The van der Waals surface area contributed by atoms with E-state index in [0.717, 1.165) is 25.7 Å². The molecule has 102 valence electrons. The molecular weight excluding hydrogens is 232 g/mol. The minimum atomic E-state index is -0.732. The minimum Gasteiger partial charge on any atom is -0.481 e. The molecular formula is C13H22N2O3. The van der Waals surface area contributed by atoms with Crippen LogP contribution in [0, 0.1) is 5.92 Å². The van der Waals surface area contributed by atoms with E-state index in [-0.39, 0.29) is 30.3 Å². The summed E-state index contributed by atoms with van der Waals surface area (Å²) in [6, 6.07) is 0.0422. The quantitative estimate of drug-likeness (QED) is 0.783. The second kappa shape index (κ2) is 5.26. The molecule has 2 heterocycles. The number of fused-ring (bicyclic) bond motifs is 2. The normalized spacial score (nSPS) is 32.3. The fourth-order valence-electron chi connectivity index (χ4n) is 3.43. The van der Waals surface area contributed by atoms with Crippen molar-refractivity contribution in [1.29, 1.82) is 0 Å². The van der Waals surface area contributed by atoms with E-state index in [0.29, 0.717) is 6.42 Å². The maximum atomic E-state index is 12.2. The molecule has 3 N–H and O–H groups in total. The van der Waals surface area contributed by atoms with E-state index < -0.39 is 12.0 Å². The van der Waals surface area contributed by atoms with Crippen molar-refractivity contribution in [2.24, 2.45) is 11.7 Å². The topological polar surface area (TPSA) is 83.6 Å². The summed E-state index contributed by atoms with van der Waals surface area (Å²) in [5.74, 6) is -0.454. The monoisotopic (exact) mass is 254 g/mol. The SMILES string of the molecule is CC[C@H](N)C(=O)N1C2CCC1CC(CC(=O)O)C2. The number of aliphatic carboxylic acids is 1. The molecule has 18 heavy (non-hydrogen) atoms. The zero-order valence-corrected chi connectivity index (χ0v) is 10.8. The van der Waals surface area contributed by atoms with E-state index in [9.17, 15) is 9.59 Å². The van der Waals surface area contributed by atoms with Gasteiger partial charge in [-0.15, -0.1) is 0 Å². The van der Waals surface area contributed by atoms with Crippen molar-refractivity contribution in [3.8, 4) is 0 Å². The highest BCUT2D eigenvalue weighted by Gasteiger charge is 2.44. The van der Waals surface area contributed by atoms with Crippen LogP contribution in [0.4, 0.5) is 0 Å². The number of rotatable bonds is 4. The van der Waals surface area contributed by atoms with Gasteiger partial charge in [0, 0.05) is 18.5 Å². The Morgan fingerprint density at radius 3 is 2.33 bits per heavy atom. The molecule has 5 heteroatoms. The third-order valence-corrected chi connectivity index (χ3v) is 4.31. The Kier molecular flexibility index (Phi) is 3.90. The average Bonchev–Trinajstić information content (AvgIpc) is 2.58. The molecule has 2 aliphatic rings. The number of piperidine rings is 1. The summed E-state index contributed by atoms with van der Waals surface area (Å²) in [5.41, 5.74) is 5.83. The largest absolute Gasteiger partial charge is 0.481 e. The van der Waals surface area contributed by atoms with Gasteiger partial charge in [-0.3, -0.25) is 9.59 Å². The number of hydrogen-bond donors (Lipinski definition) is 2. The van der Waals surface area contributed by atoms with Gasteiger partial charge in [0.05, 0.1) is 6.04 Å². The number of carbonyl (C=O) groups is 2. The molecule has 0 spiro atoms. The summed E-state index contributed by atoms with van der Waals surface area (Å²) in [7, 11) is 0. The molecule has 3 atom stereocenters. The van der Waals surface area contributed by atoms with E-state index in [4.69, 9.17) is 10.8 Å². The predicted octanol–water partition coefficient (Wildman–Crippen LogP) is 0.968. The molecule has 2 bridgehead atoms. The van der Waals surface area contributed by atoms with Crippen LogP contribution in [0.5, 0.6) is 0 Å². The van der Waals surface area contributed by atoms with Gasteiger partial charge in [-0.25, -0.2) is 0 Å². The summed E-state index contributed by atoms with van der Waals surface area (Å²) in [6.45, 7) is 1.92. The lowest BCUT2D eigenvalue weighted by Gasteiger charge is -2.39. The first-order chi connectivity index (χ1) is 8.52. The lowest BCUT2D eigenvalue weighted by Crippen LogP contribution is -2.52. The molecule has 0 aliphatic carbocycles. The smallest absolute Gasteiger partial charge is 0.303 e. The summed E-state index contributed by atoms with van der Waals surface area (Å²) in [6.07, 6.45) is 4.55. The van der Waals surface area contributed by atoms with Gasteiger partial charge in [-0.05, 0) is 38.0 Å². The maximum absolute atomic E-state index is 12.2. The Labute approximate surface area is 107 Å². The maximum Gasteiger partial charge on any atom is 0.303 e. The lowest BCUT2D eigenvalue weighted by molar-refractivity contribution is -0.140. The number of carboxylic acid groups (broad SMARTS) is 1. The van der Waals surface area contributed by atoms with Crippen LogP contribution >= 0.6 is 0 Å². The highest BCUT2D eigenvalue weighted by atomic mass is 16.4. The Bertz CT molecular complexity index is 331. The van der Waals surface area contributed by atoms with Crippen molar-refractivity contribution >= 4 is 11.9 Å². The fraction of sp³-hybridized carbons (Fsp3) is 0.846. The van der Waals surface area contributed by atoms with Crippen LogP contribution in [-0.4, -0.2) is 40.0 Å². The summed E-state index contributed by atoms with van der Waals surface area (Å²) in [5, 5.41) is 8.86. The van der Waals surface area contributed by atoms with Crippen LogP contribution in [-0.2, 0) is 9.59 Å². The van der Waals surface area contributed by atoms with Gasteiger partial charge in [0.1, 0.15) is 0 Å². The Hall–Kier alpha value is -1.10. The number of nitrogens with zero attached hydrogens (tertiary/aromatic N) is 1. The number of nitrogens with two attached hydrogens (primary N) is 1. The third kappa shape index (κ3) is 2.51. The molecule has 2 unspecified atom stereocenters. The first-order valence-corrected chi connectivity index (χ1v) is 6.82. The first-order valence-electron chi connectivity index (χ1n) is 6.82. The zero-order valence-electron chi connectivity index (χ0n) is 10.8. The van der Waals surface area contributed by atoms with E-state index in [1.807, 2.05) is 11.8 Å². The van der Waals surface area contributed by atoms with Crippen molar-refractivity contribution in [2.75, 3.05) is 0 Å². The summed E-state index contributed by atoms with van der Waals surface area (Å²) in [4.78, 5) is 24.9. The van der Waals surface area contributed by atoms with Crippen LogP contribution in [0.25, 0.3) is 0 Å². The van der Waals surface area contributed by atoms with Crippen molar-refractivity contribution in [2.45, 2.75) is 63.6 Å². The number of hydrogen-bond acceptors (Lipinski definition) is 3.